The smallest absolute Gasteiger partial charge is 0.264 e. The highest BCUT2D eigenvalue weighted by Crippen LogP contribution is 2.24. The second-order valence-corrected chi connectivity index (χ2v) is 8.26. The van der Waals surface area contributed by atoms with Crippen LogP contribution >= 0.6 is 0 Å². The summed E-state index contributed by atoms with van der Waals surface area (Å²) in [7, 11) is -4.03. The molecule has 0 atom stereocenters. The van der Waals surface area contributed by atoms with Crippen LogP contribution < -0.4 is 9.62 Å². The summed E-state index contributed by atoms with van der Waals surface area (Å²) in [5.41, 5.74) is 1.75. The van der Waals surface area contributed by atoms with Gasteiger partial charge in [0.25, 0.3) is 10.0 Å². The van der Waals surface area contributed by atoms with Crippen LogP contribution in [0.5, 0.6) is 0 Å². The Morgan fingerprint density at radius 2 is 1.72 bits per heavy atom. The first kappa shape index (κ1) is 20.5. The fraction of sp³-hybridized carbons (Fsp3) is 0.143. The van der Waals surface area contributed by atoms with Crippen LogP contribution in [0.1, 0.15) is 11.3 Å². The lowest BCUT2D eigenvalue weighted by atomic mass is 10.2. The standard InChI is InChI=1S/C21H20FN3O3S/c1-16-5-11-20(12-6-16)29(27,28)25(19-9-7-17(22)8-10-19)15-21(26)24-14-18-4-2-3-13-23-18/h2-13H,14-15H2,1H3,(H,24,26). The molecule has 1 heterocycles. The van der Waals surface area contributed by atoms with Crippen molar-refractivity contribution in [2.24, 2.45) is 0 Å². The third-order valence-corrected chi connectivity index (χ3v) is 5.99. The molecule has 0 radical (unpaired) electrons. The first-order chi connectivity index (χ1) is 13.9. The van der Waals surface area contributed by atoms with E-state index in [9.17, 15) is 17.6 Å². The average Bonchev–Trinajstić information content (AvgIpc) is 2.72. The van der Waals surface area contributed by atoms with Gasteiger partial charge in [-0.2, -0.15) is 0 Å². The van der Waals surface area contributed by atoms with Gasteiger partial charge in [-0.1, -0.05) is 23.8 Å². The van der Waals surface area contributed by atoms with Crippen molar-refractivity contribution >= 4 is 21.6 Å². The number of aryl methyl sites for hydroxylation is 1. The minimum absolute atomic E-state index is 0.0463. The van der Waals surface area contributed by atoms with Gasteiger partial charge in [0.2, 0.25) is 5.91 Å². The summed E-state index contributed by atoms with van der Waals surface area (Å²) in [4.78, 5) is 16.6. The Morgan fingerprint density at radius 1 is 1.03 bits per heavy atom. The number of nitrogens with one attached hydrogen (secondary N) is 1. The van der Waals surface area contributed by atoms with E-state index in [-0.39, 0.29) is 17.1 Å². The molecule has 3 rings (SSSR count). The quantitative estimate of drug-likeness (QED) is 0.646. The first-order valence-corrected chi connectivity index (χ1v) is 10.3. The summed E-state index contributed by atoms with van der Waals surface area (Å²) in [5, 5.41) is 2.66. The fourth-order valence-corrected chi connectivity index (χ4v) is 4.06. The van der Waals surface area contributed by atoms with Crippen molar-refractivity contribution in [3.8, 4) is 0 Å². The minimum Gasteiger partial charge on any atom is -0.349 e. The van der Waals surface area contributed by atoms with Crippen LogP contribution in [0.4, 0.5) is 10.1 Å². The van der Waals surface area contributed by atoms with Gasteiger partial charge in [0.1, 0.15) is 12.4 Å². The van der Waals surface area contributed by atoms with Crippen LogP contribution in [-0.2, 0) is 21.4 Å². The second-order valence-electron chi connectivity index (χ2n) is 6.40. The highest BCUT2D eigenvalue weighted by molar-refractivity contribution is 7.92. The van der Waals surface area contributed by atoms with Gasteiger partial charge in [0.15, 0.2) is 0 Å². The summed E-state index contributed by atoms with van der Waals surface area (Å²) < 4.78 is 40.7. The van der Waals surface area contributed by atoms with Crippen molar-refractivity contribution in [3.05, 3.63) is 90.0 Å². The number of rotatable bonds is 7. The average molecular weight is 413 g/mol. The largest absolute Gasteiger partial charge is 0.349 e. The molecule has 0 spiro atoms. The number of carbonyl (C=O) groups is 1. The molecule has 0 aliphatic heterocycles. The van der Waals surface area contributed by atoms with Gasteiger partial charge in [0, 0.05) is 6.20 Å². The Hall–Kier alpha value is -3.26. The highest BCUT2D eigenvalue weighted by atomic mass is 32.2. The molecule has 150 valence electrons. The van der Waals surface area contributed by atoms with Crippen molar-refractivity contribution in [1.29, 1.82) is 0 Å². The van der Waals surface area contributed by atoms with Gasteiger partial charge in [0.05, 0.1) is 22.8 Å². The molecule has 0 aliphatic carbocycles. The van der Waals surface area contributed by atoms with E-state index < -0.39 is 28.3 Å². The van der Waals surface area contributed by atoms with Gasteiger partial charge in [-0.3, -0.25) is 14.1 Å². The molecule has 0 fully saturated rings. The van der Waals surface area contributed by atoms with Gasteiger partial charge in [-0.15, -0.1) is 0 Å². The summed E-state index contributed by atoms with van der Waals surface area (Å²) >= 11 is 0. The molecule has 1 amide bonds. The lowest BCUT2D eigenvalue weighted by molar-refractivity contribution is -0.119. The van der Waals surface area contributed by atoms with Crippen LogP contribution in [0.2, 0.25) is 0 Å². The number of pyridine rings is 1. The zero-order chi connectivity index (χ0) is 20.9. The number of hydrogen-bond acceptors (Lipinski definition) is 4. The van der Waals surface area contributed by atoms with Crippen molar-refractivity contribution < 1.29 is 17.6 Å². The molecule has 6 nitrogen and oxygen atoms in total. The van der Waals surface area contributed by atoms with Crippen molar-refractivity contribution in [3.63, 3.8) is 0 Å². The fourth-order valence-electron chi connectivity index (χ4n) is 2.64. The lowest BCUT2D eigenvalue weighted by Gasteiger charge is -2.24. The highest BCUT2D eigenvalue weighted by Gasteiger charge is 2.27. The molecule has 0 saturated carbocycles. The maximum absolute atomic E-state index is 13.3. The van der Waals surface area contributed by atoms with E-state index in [4.69, 9.17) is 0 Å². The third-order valence-electron chi connectivity index (χ3n) is 4.20. The van der Waals surface area contributed by atoms with Gasteiger partial charge in [-0.25, -0.2) is 12.8 Å². The Kier molecular flexibility index (Phi) is 6.23. The number of benzene rings is 2. The van der Waals surface area contributed by atoms with Crippen molar-refractivity contribution in [2.45, 2.75) is 18.4 Å². The van der Waals surface area contributed by atoms with Gasteiger partial charge < -0.3 is 5.32 Å². The number of carbonyl (C=O) groups excluding carboxylic acids is 1. The Labute approximate surface area is 169 Å². The molecule has 3 aromatic rings. The number of hydrogen-bond donors (Lipinski definition) is 1. The van der Waals surface area contributed by atoms with E-state index in [1.807, 2.05) is 6.92 Å². The van der Waals surface area contributed by atoms with Crippen LogP contribution in [0.3, 0.4) is 0 Å². The molecule has 0 bridgehead atoms. The summed E-state index contributed by atoms with van der Waals surface area (Å²) in [6.07, 6.45) is 1.61. The lowest BCUT2D eigenvalue weighted by Crippen LogP contribution is -2.40. The zero-order valence-corrected chi connectivity index (χ0v) is 16.6. The number of halogens is 1. The maximum atomic E-state index is 13.3. The minimum atomic E-state index is -4.03. The van der Waals surface area contributed by atoms with Crippen molar-refractivity contribution in [1.82, 2.24) is 10.3 Å². The predicted octanol–water partition coefficient (Wildman–Crippen LogP) is 3.04. The van der Waals surface area contributed by atoms with Crippen LogP contribution in [-0.4, -0.2) is 25.9 Å². The molecule has 8 heteroatoms. The molecule has 29 heavy (non-hydrogen) atoms. The normalized spacial score (nSPS) is 11.1. The molecule has 1 aromatic heterocycles. The Balaban J connectivity index is 1.86. The third kappa shape index (κ3) is 5.17. The van der Waals surface area contributed by atoms with Crippen molar-refractivity contribution in [2.75, 3.05) is 10.8 Å². The molecular weight excluding hydrogens is 393 g/mol. The molecule has 0 unspecified atom stereocenters. The molecule has 1 N–H and O–H groups in total. The van der Waals surface area contributed by atoms with E-state index in [1.54, 1.807) is 36.5 Å². The maximum Gasteiger partial charge on any atom is 0.264 e. The van der Waals surface area contributed by atoms with E-state index in [0.29, 0.717) is 5.69 Å². The van der Waals surface area contributed by atoms with Gasteiger partial charge >= 0.3 is 0 Å². The SMILES string of the molecule is Cc1ccc(S(=O)(=O)N(CC(=O)NCc2ccccn2)c2ccc(F)cc2)cc1. The Bertz CT molecular complexity index is 1070. The molecule has 0 aliphatic rings. The summed E-state index contributed by atoms with van der Waals surface area (Å²) in [6, 6.07) is 16.6. The van der Waals surface area contributed by atoms with E-state index >= 15 is 0 Å². The van der Waals surface area contributed by atoms with Gasteiger partial charge in [-0.05, 0) is 55.5 Å². The monoisotopic (exact) mass is 413 g/mol. The summed E-state index contributed by atoms with van der Waals surface area (Å²) in [5.74, 6) is -1.00. The van der Waals surface area contributed by atoms with E-state index in [0.717, 1.165) is 22.0 Å². The van der Waals surface area contributed by atoms with Crippen LogP contribution in [0.15, 0.2) is 77.8 Å². The topological polar surface area (TPSA) is 79.4 Å². The second kappa shape index (κ2) is 8.83. The van der Waals surface area contributed by atoms with E-state index in [1.165, 1.54) is 24.3 Å². The number of anilines is 1. The van der Waals surface area contributed by atoms with E-state index in [2.05, 4.69) is 10.3 Å². The number of nitrogens with zero attached hydrogens (tertiary/aromatic N) is 2. The zero-order valence-electron chi connectivity index (χ0n) is 15.7. The summed E-state index contributed by atoms with van der Waals surface area (Å²) in [6.45, 7) is 1.56. The number of aromatic nitrogens is 1. The number of amides is 1. The molecule has 0 saturated heterocycles. The molecular formula is C21H20FN3O3S. The van der Waals surface area contributed by atoms with Crippen LogP contribution in [0.25, 0.3) is 0 Å². The molecule has 2 aromatic carbocycles. The van der Waals surface area contributed by atoms with Crippen LogP contribution in [0, 0.1) is 12.7 Å². The number of sulfonamides is 1. The Morgan fingerprint density at radius 3 is 2.34 bits per heavy atom. The first-order valence-electron chi connectivity index (χ1n) is 8.88. The predicted molar refractivity (Wildman–Crippen MR) is 108 cm³/mol.